The van der Waals surface area contributed by atoms with Gasteiger partial charge in [0, 0.05) is 36.3 Å². The van der Waals surface area contributed by atoms with E-state index in [0.29, 0.717) is 37.4 Å². The highest BCUT2D eigenvalue weighted by molar-refractivity contribution is 5.98. The van der Waals surface area contributed by atoms with Crippen LogP contribution in [0.15, 0.2) is 42.5 Å². The molecule has 0 aliphatic carbocycles. The molecule has 0 aromatic heterocycles. The SMILES string of the molecule is C#Cc1cccc(CC(=O)c2ccc(N3CCOCC3)c(C(F)(F)F)c2)c1. The quantitative estimate of drug-likeness (QED) is 0.600. The van der Waals surface area contributed by atoms with E-state index in [1.54, 1.807) is 29.2 Å². The molecule has 3 rings (SSSR count). The van der Waals surface area contributed by atoms with Crippen LogP contribution in [0.5, 0.6) is 0 Å². The smallest absolute Gasteiger partial charge is 0.378 e. The summed E-state index contributed by atoms with van der Waals surface area (Å²) in [7, 11) is 0. The number of Topliss-reactive ketones (excluding diaryl/α,β-unsaturated/α-hetero) is 1. The fourth-order valence-corrected chi connectivity index (χ4v) is 3.08. The van der Waals surface area contributed by atoms with Gasteiger partial charge in [0.1, 0.15) is 0 Å². The molecule has 27 heavy (non-hydrogen) atoms. The minimum Gasteiger partial charge on any atom is -0.378 e. The zero-order chi connectivity index (χ0) is 19.4. The van der Waals surface area contributed by atoms with Crippen LogP contribution in [0.3, 0.4) is 0 Å². The summed E-state index contributed by atoms with van der Waals surface area (Å²) in [4.78, 5) is 14.2. The molecular weight excluding hydrogens is 355 g/mol. The molecule has 140 valence electrons. The van der Waals surface area contributed by atoms with Crippen LogP contribution in [-0.2, 0) is 17.3 Å². The summed E-state index contributed by atoms with van der Waals surface area (Å²) in [6, 6.07) is 10.6. The normalized spacial score (nSPS) is 14.7. The molecule has 1 fully saturated rings. The van der Waals surface area contributed by atoms with Crippen LogP contribution in [-0.4, -0.2) is 32.1 Å². The number of carbonyl (C=O) groups excluding carboxylic acids is 1. The first-order chi connectivity index (χ1) is 12.9. The molecular formula is C21H18F3NO2. The topological polar surface area (TPSA) is 29.5 Å². The maximum atomic E-state index is 13.6. The summed E-state index contributed by atoms with van der Waals surface area (Å²) < 4.78 is 45.9. The standard InChI is InChI=1S/C21H18F3NO2/c1-2-15-4-3-5-16(12-15)13-20(26)17-6-7-19(18(14-17)21(22,23)24)25-8-10-27-11-9-25/h1,3-7,12,14H,8-11,13H2. The molecule has 0 radical (unpaired) electrons. The highest BCUT2D eigenvalue weighted by Crippen LogP contribution is 2.37. The summed E-state index contributed by atoms with van der Waals surface area (Å²) in [5, 5.41) is 0. The average molecular weight is 373 g/mol. The number of anilines is 1. The first-order valence-corrected chi connectivity index (χ1v) is 8.51. The lowest BCUT2D eigenvalue weighted by atomic mass is 9.98. The second-order valence-electron chi connectivity index (χ2n) is 6.27. The monoisotopic (exact) mass is 373 g/mol. The molecule has 0 N–H and O–H groups in total. The van der Waals surface area contributed by atoms with Crippen molar-refractivity contribution in [3.05, 3.63) is 64.7 Å². The van der Waals surface area contributed by atoms with Crippen molar-refractivity contribution < 1.29 is 22.7 Å². The maximum absolute atomic E-state index is 13.6. The lowest BCUT2D eigenvalue weighted by molar-refractivity contribution is -0.137. The van der Waals surface area contributed by atoms with Crippen LogP contribution in [0.4, 0.5) is 18.9 Å². The summed E-state index contributed by atoms with van der Waals surface area (Å²) in [5.41, 5.74) is 0.606. The second kappa shape index (κ2) is 7.85. The van der Waals surface area contributed by atoms with Crippen LogP contribution in [0, 0.1) is 12.3 Å². The molecule has 0 bridgehead atoms. The van der Waals surface area contributed by atoms with E-state index in [-0.39, 0.29) is 23.5 Å². The fraction of sp³-hybridized carbons (Fsp3) is 0.286. The van der Waals surface area contributed by atoms with E-state index in [4.69, 9.17) is 11.2 Å². The fourth-order valence-electron chi connectivity index (χ4n) is 3.08. The number of hydrogen-bond acceptors (Lipinski definition) is 3. The van der Waals surface area contributed by atoms with Crippen LogP contribution >= 0.6 is 0 Å². The molecule has 1 aliphatic heterocycles. The number of alkyl halides is 3. The van der Waals surface area contributed by atoms with Crippen LogP contribution in [0.1, 0.15) is 27.0 Å². The molecule has 0 saturated carbocycles. The van der Waals surface area contributed by atoms with Crippen molar-refractivity contribution in [2.45, 2.75) is 12.6 Å². The highest BCUT2D eigenvalue weighted by atomic mass is 19.4. The molecule has 0 unspecified atom stereocenters. The molecule has 0 amide bonds. The van der Waals surface area contributed by atoms with Crippen molar-refractivity contribution in [3.63, 3.8) is 0 Å². The van der Waals surface area contributed by atoms with Gasteiger partial charge in [-0.1, -0.05) is 18.1 Å². The average Bonchev–Trinajstić information content (AvgIpc) is 2.67. The van der Waals surface area contributed by atoms with E-state index in [1.807, 2.05) is 0 Å². The third-order valence-electron chi connectivity index (χ3n) is 4.43. The number of carbonyl (C=O) groups is 1. The van der Waals surface area contributed by atoms with Gasteiger partial charge in [0.2, 0.25) is 0 Å². The molecule has 6 heteroatoms. The maximum Gasteiger partial charge on any atom is 0.418 e. The van der Waals surface area contributed by atoms with Gasteiger partial charge >= 0.3 is 6.18 Å². The Hall–Kier alpha value is -2.78. The minimum absolute atomic E-state index is 0.0102. The van der Waals surface area contributed by atoms with Gasteiger partial charge in [-0.05, 0) is 35.9 Å². The van der Waals surface area contributed by atoms with Crippen molar-refractivity contribution in [2.24, 2.45) is 0 Å². The lowest BCUT2D eigenvalue weighted by Crippen LogP contribution is -2.37. The molecule has 1 heterocycles. The predicted molar refractivity (Wildman–Crippen MR) is 96.9 cm³/mol. The highest BCUT2D eigenvalue weighted by Gasteiger charge is 2.36. The van der Waals surface area contributed by atoms with Gasteiger partial charge in [-0.25, -0.2) is 0 Å². The van der Waals surface area contributed by atoms with E-state index in [1.165, 1.54) is 12.1 Å². The molecule has 2 aromatic rings. The van der Waals surface area contributed by atoms with Crippen LogP contribution in [0.25, 0.3) is 0 Å². The third kappa shape index (κ3) is 4.50. The van der Waals surface area contributed by atoms with E-state index < -0.39 is 11.7 Å². The van der Waals surface area contributed by atoms with Crippen molar-refractivity contribution in [1.82, 2.24) is 0 Å². The summed E-state index contributed by atoms with van der Waals surface area (Å²) in [6.07, 6.45) is 0.784. The van der Waals surface area contributed by atoms with Gasteiger partial charge in [0.25, 0.3) is 0 Å². The molecule has 0 spiro atoms. The van der Waals surface area contributed by atoms with Crippen molar-refractivity contribution in [1.29, 1.82) is 0 Å². The van der Waals surface area contributed by atoms with Gasteiger partial charge < -0.3 is 9.64 Å². The number of benzene rings is 2. The lowest BCUT2D eigenvalue weighted by Gasteiger charge is -2.31. The number of terminal acetylenes is 1. The number of ketones is 1. The number of hydrogen-bond donors (Lipinski definition) is 0. The van der Waals surface area contributed by atoms with Gasteiger partial charge in [-0.2, -0.15) is 13.2 Å². The Morgan fingerprint density at radius 1 is 1.15 bits per heavy atom. The van der Waals surface area contributed by atoms with Crippen LogP contribution in [0.2, 0.25) is 0 Å². The van der Waals surface area contributed by atoms with Gasteiger partial charge in [-0.15, -0.1) is 6.42 Å². The zero-order valence-electron chi connectivity index (χ0n) is 14.6. The first-order valence-electron chi connectivity index (χ1n) is 8.51. The molecule has 1 saturated heterocycles. The van der Waals surface area contributed by atoms with Crippen LogP contribution < -0.4 is 4.90 Å². The predicted octanol–water partition coefficient (Wildman–Crippen LogP) is 3.95. The second-order valence-corrected chi connectivity index (χ2v) is 6.27. The van der Waals surface area contributed by atoms with Gasteiger partial charge in [0.05, 0.1) is 18.8 Å². The Morgan fingerprint density at radius 3 is 2.56 bits per heavy atom. The number of ether oxygens (including phenoxy) is 1. The van der Waals surface area contributed by atoms with E-state index in [0.717, 1.165) is 6.07 Å². The number of halogens is 3. The molecule has 1 aliphatic rings. The Morgan fingerprint density at radius 2 is 1.89 bits per heavy atom. The molecule has 0 atom stereocenters. The zero-order valence-corrected chi connectivity index (χ0v) is 14.6. The Bertz CT molecular complexity index is 878. The Balaban J connectivity index is 1.89. The van der Waals surface area contributed by atoms with Gasteiger partial charge in [0.15, 0.2) is 5.78 Å². The first kappa shape index (κ1) is 19.0. The Kier molecular flexibility index (Phi) is 5.52. The van der Waals surface area contributed by atoms with Crippen molar-refractivity contribution in [3.8, 4) is 12.3 Å². The Labute approximate surface area is 155 Å². The summed E-state index contributed by atoms with van der Waals surface area (Å²) >= 11 is 0. The van der Waals surface area contributed by atoms with E-state index in [2.05, 4.69) is 5.92 Å². The number of morpholine rings is 1. The van der Waals surface area contributed by atoms with Crippen molar-refractivity contribution >= 4 is 11.5 Å². The summed E-state index contributed by atoms with van der Waals surface area (Å²) in [6.45, 7) is 1.53. The number of rotatable bonds is 4. The third-order valence-corrected chi connectivity index (χ3v) is 4.43. The largest absolute Gasteiger partial charge is 0.418 e. The molecule has 3 nitrogen and oxygen atoms in total. The number of nitrogens with zero attached hydrogens (tertiary/aromatic N) is 1. The van der Waals surface area contributed by atoms with E-state index in [9.17, 15) is 18.0 Å². The van der Waals surface area contributed by atoms with E-state index >= 15 is 0 Å². The summed E-state index contributed by atoms with van der Waals surface area (Å²) in [5.74, 6) is 2.09. The molecule has 2 aromatic carbocycles. The minimum atomic E-state index is -4.55. The van der Waals surface area contributed by atoms with Gasteiger partial charge in [-0.3, -0.25) is 4.79 Å². The van der Waals surface area contributed by atoms with Crippen molar-refractivity contribution in [2.75, 3.05) is 31.2 Å².